The van der Waals surface area contributed by atoms with Crippen molar-refractivity contribution < 1.29 is 9.13 Å². The Labute approximate surface area is 101 Å². The van der Waals surface area contributed by atoms with Gasteiger partial charge in [0.1, 0.15) is 0 Å². The van der Waals surface area contributed by atoms with Crippen LogP contribution in [-0.4, -0.2) is 18.6 Å². The summed E-state index contributed by atoms with van der Waals surface area (Å²) in [5.41, 5.74) is 6.19. The Morgan fingerprint density at radius 1 is 1.53 bits per heavy atom. The van der Waals surface area contributed by atoms with Gasteiger partial charge < -0.3 is 15.8 Å². The quantitative estimate of drug-likeness (QED) is 0.626. The Balaban J connectivity index is 2.77. The molecule has 17 heavy (non-hydrogen) atoms. The van der Waals surface area contributed by atoms with Crippen LogP contribution in [-0.2, 0) is 0 Å². The average Bonchev–Trinajstić information content (AvgIpc) is 2.21. The number of hydrogen-bond donors (Lipinski definition) is 2. The summed E-state index contributed by atoms with van der Waals surface area (Å²) in [5, 5.41) is 2.82. The summed E-state index contributed by atoms with van der Waals surface area (Å²) in [4.78, 5) is 4.09. The second kappa shape index (κ2) is 6.08. The molecular formula is C12H18FN3O. The van der Waals surface area contributed by atoms with Crippen molar-refractivity contribution in [3.8, 4) is 5.75 Å². The fourth-order valence-corrected chi connectivity index (χ4v) is 1.31. The molecule has 1 aromatic carbocycles. The predicted molar refractivity (Wildman–Crippen MR) is 68.0 cm³/mol. The number of nitrogens with two attached hydrogens (primary N) is 1. The van der Waals surface area contributed by atoms with Gasteiger partial charge in [0.25, 0.3) is 0 Å². The standard InChI is InChI=1S/C12H18FN3O/c1-4-17-11-6-5-9(7-10(11)13)16-12(14)15-8(2)3/h5-8H,4H2,1-3H3,(H3,14,15,16). The summed E-state index contributed by atoms with van der Waals surface area (Å²) in [6.45, 7) is 6.06. The van der Waals surface area contributed by atoms with E-state index < -0.39 is 5.82 Å². The molecule has 0 atom stereocenters. The van der Waals surface area contributed by atoms with Gasteiger partial charge in [-0.25, -0.2) is 4.39 Å². The van der Waals surface area contributed by atoms with Crippen LogP contribution in [0.3, 0.4) is 0 Å². The molecule has 94 valence electrons. The molecule has 0 bridgehead atoms. The summed E-state index contributed by atoms with van der Waals surface area (Å²) >= 11 is 0. The lowest BCUT2D eigenvalue weighted by Gasteiger charge is -2.09. The third-order valence-electron chi connectivity index (χ3n) is 1.90. The molecule has 0 radical (unpaired) electrons. The first kappa shape index (κ1) is 13.3. The van der Waals surface area contributed by atoms with Crippen LogP contribution in [0.5, 0.6) is 5.75 Å². The third kappa shape index (κ3) is 4.30. The summed E-state index contributed by atoms with van der Waals surface area (Å²) < 4.78 is 18.6. The number of ether oxygens (including phenoxy) is 1. The molecule has 0 amide bonds. The minimum Gasteiger partial charge on any atom is -0.491 e. The Morgan fingerprint density at radius 2 is 2.24 bits per heavy atom. The average molecular weight is 239 g/mol. The summed E-state index contributed by atoms with van der Waals surface area (Å²) in [6, 6.07) is 4.67. The SMILES string of the molecule is CCOc1ccc(NC(N)=NC(C)C)cc1F. The highest BCUT2D eigenvalue weighted by atomic mass is 19.1. The van der Waals surface area contributed by atoms with E-state index in [0.29, 0.717) is 12.3 Å². The zero-order valence-electron chi connectivity index (χ0n) is 10.3. The first-order valence-electron chi connectivity index (χ1n) is 5.55. The van der Waals surface area contributed by atoms with Crippen molar-refractivity contribution in [1.29, 1.82) is 0 Å². The van der Waals surface area contributed by atoms with Gasteiger partial charge in [-0.1, -0.05) is 0 Å². The van der Waals surface area contributed by atoms with Crippen LogP contribution < -0.4 is 15.8 Å². The summed E-state index contributed by atoms with van der Waals surface area (Å²) in [6.07, 6.45) is 0. The number of nitrogens with zero attached hydrogens (tertiary/aromatic N) is 1. The largest absolute Gasteiger partial charge is 0.491 e. The Bertz CT molecular complexity index is 405. The zero-order valence-corrected chi connectivity index (χ0v) is 10.3. The van der Waals surface area contributed by atoms with Crippen LogP contribution in [0.1, 0.15) is 20.8 Å². The van der Waals surface area contributed by atoms with Gasteiger partial charge in [-0.2, -0.15) is 0 Å². The van der Waals surface area contributed by atoms with Gasteiger partial charge in [-0.15, -0.1) is 0 Å². The van der Waals surface area contributed by atoms with Gasteiger partial charge in [0.2, 0.25) is 0 Å². The minimum atomic E-state index is -0.422. The van der Waals surface area contributed by atoms with Crippen molar-refractivity contribution in [3.05, 3.63) is 24.0 Å². The lowest BCUT2D eigenvalue weighted by atomic mass is 10.3. The molecule has 4 nitrogen and oxygen atoms in total. The van der Waals surface area contributed by atoms with Crippen molar-refractivity contribution in [2.75, 3.05) is 11.9 Å². The normalized spacial score (nSPS) is 11.7. The number of aliphatic imine (C=N–C) groups is 1. The van der Waals surface area contributed by atoms with E-state index in [9.17, 15) is 4.39 Å². The van der Waals surface area contributed by atoms with Crippen LogP contribution in [0.4, 0.5) is 10.1 Å². The molecule has 0 saturated carbocycles. The summed E-state index contributed by atoms with van der Waals surface area (Å²) in [5.74, 6) is 0.0789. The highest BCUT2D eigenvalue weighted by Crippen LogP contribution is 2.20. The molecule has 1 rings (SSSR count). The van der Waals surface area contributed by atoms with Gasteiger partial charge in [0.05, 0.1) is 6.61 Å². The van der Waals surface area contributed by atoms with E-state index in [-0.39, 0.29) is 17.8 Å². The maximum atomic E-state index is 13.5. The monoisotopic (exact) mass is 239 g/mol. The van der Waals surface area contributed by atoms with E-state index in [1.54, 1.807) is 19.1 Å². The molecule has 0 spiro atoms. The number of halogens is 1. The predicted octanol–water partition coefficient (Wildman–Crippen LogP) is 2.36. The molecule has 1 aromatic rings. The number of benzene rings is 1. The molecule has 0 aliphatic carbocycles. The topological polar surface area (TPSA) is 59.6 Å². The molecule has 0 aliphatic heterocycles. The van der Waals surface area contributed by atoms with Crippen molar-refractivity contribution in [2.24, 2.45) is 10.7 Å². The van der Waals surface area contributed by atoms with E-state index >= 15 is 0 Å². The van der Waals surface area contributed by atoms with E-state index in [0.717, 1.165) is 0 Å². The van der Waals surface area contributed by atoms with E-state index in [1.165, 1.54) is 6.07 Å². The zero-order chi connectivity index (χ0) is 12.8. The molecule has 0 heterocycles. The minimum absolute atomic E-state index is 0.0926. The van der Waals surface area contributed by atoms with Crippen LogP contribution in [0.15, 0.2) is 23.2 Å². The number of rotatable bonds is 4. The van der Waals surface area contributed by atoms with Crippen LogP contribution in [0, 0.1) is 5.82 Å². The van der Waals surface area contributed by atoms with Crippen molar-refractivity contribution in [3.63, 3.8) is 0 Å². The highest BCUT2D eigenvalue weighted by Gasteiger charge is 2.04. The van der Waals surface area contributed by atoms with Gasteiger partial charge in [-0.05, 0) is 32.9 Å². The third-order valence-corrected chi connectivity index (χ3v) is 1.90. The van der Waals surface area contributed by atoms with Crippen molar-refractivity contribution in [2.45, 2.75) is 26.8 Å². The number of anilines is 1. The highest BCUT2D eigenvalue weighted by molar-refractivity contribution is 5.92. The number of guanidine groups is 1. The van der Waals surface area contributed by atoms with Crippen molar-refractivity contribution >= 4 is 11.6 Å². The van der Waals surface area contributed by atoms with E-state index in [1.807, 2.05) is 13.8 Å². The van der Waals surface area contributed by atoms with Crippen LogP contribution in [0.2, 0.25) is 0 Å². The molecule has 0 aliphatic rings. The van der Waals surface area contributed by atoms with Gasteiger partial charge in [-0.3, -0.25) is 4.99 Å². The molecule has 5 heteroatoms. The Hall–Kier alpha value is -1.78. The molecule has 3 N–H and O–H groups in total. The van der Waals surface area contributed by atoms with Gasteiger partial charge in [0, 0.05) is 17.8 Å². The second-order valence-electron chi connectivity index (χ2n) is 3.81. The van der Waals surface area contributed by atoms with Crippen LogP contribution >= 0.6 is 0 Å². The molecule has 0 saturated heterocycles. The molecule has 0 fully saturated rings. The van der Waals surface area contributed by atoms with E-state index in [4.69, 9.17) is 10.5 Å². The maximum absolute atomic E-state index is 13.5. The first-order valence-corrected chi connectivity index (χ1v) is 5.55. The fraction of sp³-hybridized carbons (Fsp3) is 0.417. The molecular weight excluding hydrogens is 221 g/mol. The lowest BCUT2D eigenvalue weighted by Crippen LogP contribution is -2.24. The summed E-state index contributed by atoms with van der Waals surface area (Å²) in [7, 11) is 0. The molecule has 0 unspecified atom stereocenters. The Kier molecular flexibility index (Phi) is 4.75. The number of nitrogens with one attached hydrogen (secondary N) is 1. The van der Waals surface area contributed by atoms with Crippen molar-refractivity contribution in [1.82, 2.24) is 0 Å². The maximum Gasteiger partial charge on any atom is 0.193 e. The first-order chi connectivity index (χ1) is 8.02. The number of hydrogen-bond acceptors (Lipinski definition) is 2. The smallest absolute Gasteiger partial charge is 0.193 e. The van der Waals surface area contributed by atoms with Crippen LogP contribution in [0.25, 0.3) is 0 Å². The molecule has 0 aromatic heterocycles. The lowest BCUT2D eigenvalue weighted by molar-refractivity contribution is 0.321. The van der Waals surface area contributed by atoms with E-state index in [2.05, 4.69) is 10.3 Å². The second-order valence-corrected chi connectivity index (χ2v) is 3.81. The Morgan fingerprint density at radius 3 is 2.76 bits per heavy atom. The van der Waals surface area contributed by atoms with Gasteiger partial charge in [0.15, 0.2) is 17.5 Å². The van der Waals surface area contributed by atoms with Gasteiger partial charge >= 0.3 is 0 Å². The fourth-order valence-electron chi connectivity index (χ4n) is 1.31.